The summed E-state index contributed by atoms with van der Waals surface area (Å²) in [7, 11) is 3.13. The second kappa shape index (κ2) is 8.09. The van der Waals surface area contributed by atoms with Crippen LogP contribution in [0.1, 0.15) is 45.6 Å². The Hall–Kier alpha value is -2.50. The van der Waals surface area contributed by atoms with Crippen LogP contribution in [0.4, 0.5) is 0 Å². The maximum Gasteiger partial charge on any atom is 0.331 e. The lowest BCUT2D eigenvalue weighted by atomic mass is 9.65. The molecule has 2 aliphatic rings. The van der Waals surface area contributed by atoms with Gasteiger partial charge < -0.3 is 19.1 Å². The molecule has 3 rings (SSSR count). The Morgan fingerprint density at radius 3 is 2.62 bits per heavy atom. The lowest BCUT2D eigenvalue weighted by molar-refractivity contribution is -0.148. The molecule has 0 aromatic heterocycles. The molecule has 1 amide bonds. The number of carbonyl (C=O) groups is 2. The highest BCUT2D eigenvalue weighted by Crippen LogP contribution is 2.52. The van der Waals surface area contributed by atoms with Gasteiger partial charge in [0.05, 0.1) is 14.2 Å². The predicted molar refractivity (Wildman–Crippen MR) is 111 cm³/mol. The van der Waals surface area contributed by atoms with E-state index in [0.29, 0.717) is 17.1 Å². The highest BCUT2D eigenvalue weighted by molar-refractivity contribution is 5.90. The molecule has 2 fully saturated rings. The standard InChI is InChI=1S/C23H31NO5/c1-22(2)11-17-12-23(3,14-22)15-24(17)20(25)13-29-21(26)9-6-16-10-18(27-4)7-8-19(16)28-5/h6-10,17H,11-15H2,1-5H3/b9-6+/t17-,23+/m1/s1. The topological polar surface area (TPSA) is 65.1 Å². The smallest absolute Gasteiger partial charge is 0.331 e. The van der Waals surface area contributed by atoms with Gasteiger partial charge in [-0.1, -0.05) is 20.8 Å². The second-order valence-electron chi connectivity index (χ2n) is 9.28. The van der Waals surface area contributed by atoms with Crippen LogP contribution >= 0.6 is 0 Å². The molecule has 6 heteroatoms. The number of fused-ring (bicyclic) bond motifs is 2. The molecule has 1 aromatic carbocycles. The minimum absolute atomic E-state index is 0.114. The van der Waals surface area contributed by atoms with Crippen molar-refractivity contribution in [3.63, 3.8) is 0 Å². The molecule has 29 heavy (non-hydrogen) atoms. The minimum atomic E-state index is -0.558. The first kappa shape index (κ1) is 21.2. The zero-order chi connectivity index (χ0) is 21.2. The quantitative estimate of drug-likeness (QED) is 0.537. The van der Waals surface area contributed by atoms with Gasteiger partial charge in [-0.15, -0.1) is 0 Å². The molecule has 0 spiro atoms. The maximum atomic E-state index is 12.7. The Bertz CT molecular complexity index is 815. The fraction of sp³-hybridized carbons (Fsp3) is 0.565. The van der Waals surface area contributed by atoms with E-state index in [1.54, 1.807) is 38.5 Å². The van der Waals surface area contributed by atoms with Gasteiger partial charge in [-0.2, -0.15) is 0 Å². The van der Waals surface area contributed by atoms with Gasteiger partial charge in [0.15, 0.2) is 6.61 Å². The van der Waals surface area contributed by atoms with Crippen LogP contribution in [-0.2, 0) is 14.3 Å². The molecule has 1 saturated heterocycles. The number of nitrogens with zero attached hydrogens (tertiary/aromatic N) is 1. The number of hydrogen-bond acceptors (Lipinski definition) is 5. The Labute approximate surface area is 172 Å². The van der Waals surface area contributed by atoms with Crippen molar-refractivity contribution < 1.29 is 23.8 Å². The van der Waals surface area contributed by atoms with Gasteiger partial charge in [0.25, 0.3) is 5.91 Å². The summed E-state index contributed by atoms with van der Waals surface area (Å²) in [4.78, 5) is 26.7. The van der Waals surface area contributed by atoms with Crippen molar-refractivity contribution in [2.24, 2.45) is 10.8 Å². The molecule has 1 aliphatic heterocycles. The number of benzene rings is 1. The fourth-order valence-electron chi connectivity index (χ4n) is 5.14. The van der Waals surface area contributed by atoms with Gasteiger partial charge in [-0.05, 0) is 54.4 Å². The van der Waals surface area contributed by atoms with E-state index in [2.05, 4.69) is 20.8 Å². The molecular weight excluding hydrogens is 370 g/mol. The Balaban J connectivity index is 1.57. The van der Waals surface area contributed by atoms with Crippen LogP contribution in [0, 0.1) is 10.8 Å². The van der Waals surface area contributed by atoms with Crippen LogP contribution < -0.4 is 9.47 Å². The third-order valence-corrected chi connectivity index (χ3v) is 5.91. The first-order valence-corrected chi connectivity index (χ1v) is 10.0. The molecule has 0 unspecified atom stereocenters. The van der Waals surface area contributed by atoms with Crippen molar-refractivity contribution in [3.05, 3.63) is 29.8 Å². The molecule has 6 nitrogen and oxygen atoms in total. The van der Waals surface area contributed by atoms with Crippen molar-refractivity contribution >= 4 is 18.0 Å². The van der Waals surface area contributed by atoms with Crippen molar-refractivity contribution in [3.8, 4) is 11.5 Å². The largest absolute Gasteiger partial charge is 0.497 e. The molecule has 158 valence electrons. The number of methoxy groups -OCH3 is 2. The zero-order valence-electron chi connectivity index (χ0n) is 18.0. The number of ether oxygens (including phenoxy) is 3. The van der Waals surface area contributed by atoms with E-state index in [4.69, 9.17) is 14.2 Å². The van der Waals surface area contributed by atoms with Crippen LogP contribution in [0.3, 0.4) is 0 Å². The van der Waals surface area contributed by atoms with Gasteiger partial charge >= 0.3 is 5.97 Å². The minimum Gasteiger partial charge on any atom is -0.497 e. The third-order valence-electron chi connectivity index (χ3n) is 5.91. The molecule has 2 bridgehead atoms. The molecule has 0 radical (unpaired) electrons. The van der Waals surface area contributed by atoms with Gasteiger partial charge in [0, 0.05) is 24.2 Å². The van der Waals surface area contributed by atoms with Crippen molar-refractivity contribution in [1.82, 2.24) is 4.90 Å². The van der Waals surface area contributed by atoms with E-state index in [1.807, 2.05) is 4.90 Å². The lowest BCUT2D eigenvalue weighted by Gasteiger charge is -2.39. The Morgan fingerprint density at radius 1 is 1.17 bits per heavy atom. The number of amides is 1. The molecule has 2 atom stereocenters. The monoisotopic (exact) mass is 401 g/mol. The molecule has 0 N–H and O–H groups in total. The fourth-order valence-corrected chi connectivity index (χ4v) is 5.14. The lowest BCUT2D eigenvalue weighted by Crippen LogP contribution is -2.39. The van der Waals surface area contributed by atoms with Crippen molar-refractivity contribution in [1.29, 1.82) is 0 Å². The summed E-state index contributed by atoms with van der Waals surface area (Å²) in [6.07, 6.45) is 6.05. The summed E-state index contributed by atoms with van der Waals surface area (Å²) < 4.78 is 15.7. The average molecular weight is 402 g/mol. The van der Waals surface area contributed by atoms with Crippen molar-refractivity contribution in [2.75, 3.05) is 27.4 Å². The van der Waals surface area contributed by atoms with Crippen LogP contribution in [0.5, 0.6) is 11.5 Å². The summed E-state index contributed by atoms with van der Waals surface area (Å²) in [6, 6.07) is 5.55. The van der Waals surface area contributed by atoms with Gasteiger partial charge in [-0.3, -0.25) is 4.79 Å². The first-order chi connectivity index (χ1) is 13.6. The number of carbonyl (C=O) groups excluding carboxylic acids is 2. The van der Waals surface area contributed by atoms with Gasteiger partial charge in [0.2, 0.25) is 0 Å². The summed E-state index contributed by atoms with van der Waals surface area (Å²) in [5, 5.41) is 0. The summed E-state index contributed by atoms with van der Waals surface area (Å²) >= 11 is 0. The van der Waals surface area contributed by atoms with E-state index in [0.717, 1.165) is 25.8 Å². The van der Waals surface area contributed by atoms with Crippen LogP contribution in [0.2, 0.25) is 0 Å². The van der Waals surface area contributed by atoms with Crippen molar-refractivity contribution in [2.45, 2.75) is 46.1 Å². The van der Waals surface area contributed by atoms with Crippen LogP contribution in [0.25, 0.3) is 6.08 Å². The third kappa shape index (κ3) is 4.92. The first-order valence-electron chi connectivity index (χ1n) is 10.0. The SMILES string of the molecule is COc1ccc(OC)c(/C=C/C(=O)OCC(=O)N2C[C@@]3(C)C[C@H]2CC(C)(C)C3)c1. The summed E-state index contributed by atoms with van der Waals surface area (Å²) in [6.45, 7) is 7.30. The molecule has 1 aliphatic carbocycles. The normalized spacial score (nSPS) is 25.1. The van der Waals surface area contributed by atoms with E-state index < -0.39 is 5.97 Å². The van der Waals surface area contributed by atoms with E-state index in [1.165, 1.54) is 6.08 Å². The molecule has 1 saturated carbocycles. The number of rotatable bonds is 6. The number of esters is 1. The molecule has 1 heterocycles. The van der Waals surface area contributed by atoms with Gasteiger partial charge in [0.1, 0.15) is 11.5 Å². The van der Waals surface area contributed by atoms with E-state index in [-0.39, 0.29) is 29.4 Å². The summed E-state index contributed by atoms with van der Waals surface area (Å²) in [5.41, 5.74) is 1.09. The van der Waals surface area contributed by atoms with E-state index in [9.17, 15) is 9.59 Å². The second-order valence-corrected chi connectivity index (χ2v) is 9.28. The van der Waals surface area contributed by atoms with E-state index >= 15 is 0 Å². The zero-order valence-corrected chi connectivity index (χ0v) is 18.0. The maximum absolute atomic E-state index is 12.7. The number of hydrogen-bond donors (Lipinski definition) is 0. The van der Waals surface area contributed by atoms with Gasteiger partial charge in [-0.25, -0.2) is 4.79 Å². The molecule has 1 aromatic rings. The highest BCUT2D eigenvalue weighted by atomic mass is 16.5. The number of likely N-dealkylation sites (tertiary alicyclic amines) is 1. The molecular formula is C23H31NO5. The highest BCUT2D eigenvalue weighted by Gasteiger charge is 2.50. The Kier molecular flexibility index (Phi) is 5.92. The average Bonchev–Trinajstić information content (AvgIpc) is 2.92. The van der Waals surface area contributed by atoms with Crippen LogP contribution in [0.15, 0.2) is 24.3 Å². The predicted octanol–water partition coefficient (Wildman–Crippen LogP) is 3.69. The van der Waals surface area contributed by atoms with Crippen LogP contribution in [-0.4, -0.2) is 50.2 Å². The summed E-state index contributed by atoms with van der Waals surface area (Å²) in [5.74, 6) is 0.603. The Morgan fingerprint density at radius 2 is 1.93 bits per heavy atom.